The number of hydrogen-bond donors (Lipinski definition) is 0. The van der Waals surface area contributed by atoms with Gasteiger partial charge in [0.1, 0.15) is 7.11 Å². The second-order valence-corrected chi connectivity index (χ2v) is 3.25. The second kappa shape index (κ2) is 4.87. The normalized spacial score (nSPS) is 11.5. The van der Waals surface area contributed by atoms with Gasteiger partial charge in [-0.3, -0.25) is 0 Å². The molecular formula is C10H12ClNO. The van der Waals surface area contributed by atoms with Crippen molar-refractivity contribution in [2.75, 3.05) is 7.11 Å². The molecule has 0 aliphatic heterocycles. The Balaban J connectivity index is 2.64. The van der Waals surface area contributed by atoms with Crippen LogP contribution in [0, 0.1) is 0 Å². The Hall–Kier alpha value is -1.02. The zero-order chi connectivity index (χ0) is 9.68. The summed E-state index contributed by atoms with van der Waals surface area (Å²) in [4.78, 5) is 4.66. The van der Waals surface area contributed by atoms with Gasteiger partial charge in [0.05, 0.1) is 5.71 Å². The Morgan fingerprint density at radius 1 is 1.38 bits per heavy atom. The van der Waals surface area contributed by atoms with Gasteiger partial charge in [0.25, 0.3) is 0 Å². The van der Waals surface area contributed by atoms with Gasteiger partial charge in [0, 0.05) is 11.4 Å². The molecular weight excluding hydrogens is 186 g/mol. The molecule has 1 aromatic rings. The van der Waals surface area contributed by atoms with E-state index in [4.69, 9.17) is 11.6 Å². The molecule has 3 heteroatoms. The molecule has 1 aromatic carbocycles. The average molecular weight is 198 g/mol. The number of rotatable bonds is 3. The van der Waals surface area contributed by atoms with Gasteiger partial charge in [0.2, 0.25) is 0 Å². The van der Waals surface area contributed by atoms with E-state index in [1.807, 2.05) is 31.2 Å². The van der Waals surface area contributed by atoms with E-state index >= 15 is 0 Å². The van der Waals surface area contributed by atoms with Crippen molar-refractivity contribution in [2.45, 2.75) is 13.3 Å². The van der Waals surface area contributed by atoms with Gasteiger partial charge < -0.3 is 4.84 Å². The summed E-state index contributed by atoms with van der Waals surface area (Å²) in [5.74, 6) is 0. The fraction of sp³-hybridized carbons (Fsp3) is 0.300. The van der Waals surface area contributed by atoms with E-state index in [9.17, 15) is 0 Å². The Labute approximate surface area is 83.2 Å². The maximum atomic E-state index is 5.75. The standard InChI is InChI=1S/C10H12ClNO/c1-8(12-13-2)7-9-3-5-10(11)6-4-9/h3-6H,7H2,1-2H3. The van der Waals surface area contributed by atoms with Crippen molar-refractivity contribution in [1.29, 1.82) is 0 Å². The summed E-state index contributed by atoms with van der Waals surface area (Å²) in [6.45, 7) is 1.93. The summed E-state index contributed by atoms with van der Waals surface area (Å²) in [6.07, 6.45) is 0.797. The van der Waals surface area contributed by atoms with Gasteiger partial charge in [-0.25, -0.2) is 0 Å². The molecule has 70 valence electrons. The van der Waals surface area contributed by atoms with Gasteiger partial charge in [-0.2, -0.15) is 0 Å². The third-order valence-electron chi connectivity index (χ3n) is 1.62. The third kappa shape index (κ3) is 3.47. The second-order valence-electron chi connectivity index (χ2n) is 2.81. The van der Waals surface area contributed by atoms with E-state index in [1.54, 1.807) is 7.11 Å². The molecule has 0 atom stereocenters. The van der Waals surface area contributed by atoms with E-state index in [-0.39, 0.29) is 0 Å². The van der Waals surface area contributed by atoms with E-state index in [0.717, 1.165) is 17.2 Å². The smallest absolute Gasteiger partial charge is 0.106 e. The maximum absolute atomic E-state index is 5.75. The molecule has 0 saturated heterocycles. The van der Waals surface area contributed by atoms with Crippen LogP contribution in [0.15, 0.2) is 29.4 Å². The van der Waals surface area contributed by atoms with Crippen molar-refractivity contribution in [3.05, 3.63) is 34.9 Å². The Bertz CT molecular complexity index is 292. The van der Waals surface area contributed by atoms with Crippen molar-refractivity contribution >= 4 is 17.3 Å². The molecule has 0 amide bonds. The monoisotopic (exact) mass is 197 g/mol. The zero-order valence-corrected chi connectivity index (χ0v) is 8.51. The van der Waals surface area contributed by atoms with Crippen LogP contribution >= 0.6 is 11.6 Å². The Morgan fingerprint density at radius 3 is 2.54 bits per heavy atom. The lowest BCUT2D eigenvalue weighted by atomic mass is 10.1. The van der Waals surface area contributed by atoms with Crippen LogP contribution in [0.4, 0.5) is 0 Å². The van der Waals surface area contributed by atoms with Gasteiger partial charge in [-0.15, -0.1) is 0 Å². The quantitative estimate of drug-likeness (QED) is 0.540. The molecule has 0 radical (unpaired) electrons. The predicted octanol–water partition coefficient (Wildman–Crippen LogP) is 2.90. The van der Waals surface area contributed by atoms with Crippen LogP contribution in [-0.2, 0) is 11.3 Å². The van der Waals surface area contributed by atoms with Crippen molar-refractivity contribution in [2.24, 2.45) is 5.16 Å². The van der Waals surface area contributed by atoms with Crippen LogP contribution < -0.4 is 0 Å². The summed E-state index contributed by atoms with van der Waals surface area (Å²) >= 11 is 5.75. The highest BCUT2D eigenvalue weighted by Crippen LogP contribution is 2.10. The number of halogens is 1. The van der Waals surface area contributed by atoms with Gasteiger partial charge in [-0.1, -0.05) is 28.9 Å². The molecule has 0 unspecified atom stereocenters. The van der Waals surface area contributed by atoms with Crippen molar-refractivity contribution in [3.63, 3.8) is 0 Å². The van der Waals surface area contributed by atoms with Crippen LogP contribution in [0.5, 0.6) is 0 Å². The van der Waals surface area contributed by atoms with Crippen molar-refractivity contribution in [3.8, 4) is 0 Å². The third-order valence-corrected chi connectivity index (χ3v) is 1.87. The van der Waals surface area contributed by atoms with E-state index in [2.05, 4.69) is 9.99 Å². The topological polar surface area (TPSA) is 21.6 Å². The zero-order valence-electron chi connectivity index (χ0n) is 7.75. The first kappa shape index (κ1) is 10.1. The lowest BCUT2D eigenvalue weighted by molar-refractivity contribution is 0.212. The van der Waals surface area contributed by atoms with Gasteiger partial charge >= 0.3 is 0 Å². The minimum absolute atomic E-state index is 0.755. The number of hydrogen-bond acceptors (Lipinski definition) is 2. The minimum atomic E-state index is 0.755. The largest absolute Gasteiger partial charge is 0.399 e. The predicted molar refractivity (Wildman–Crippen MR) is 55.3 cm³/mol. The molecule has 0 aromatic heterocycles. The molecule has 0 fully saturated rings. The molecule has 0 saturated carbocycles. The highest BCUT2D eigenvalue weighted by molar-refractivity contribution is 6.30. The highest BCUT2D eigenvalue weighted by atomic mass is 35.5. The van der Waals surface area contributed by atoms with Crippen molar-refractivity contribution in [1.82, 2.24) is 0 Å². The molecule has 13 heavy (non-hydrogen) atoms. The van der Waals surface area contributed by atoms with Crippen LogP contribution in [0.25, 0.3) is 0 Å². The molecule has 0 heterocycles. The first-order valence-corrected chi connectivity index (χ1v) is 4.41. The average Bonchev–Trinajstić information content (AvgIpc) is 2.09. The van der Waals surface area contributed by atoms with Crippen molar-refractivity contribution < 1.29 is 4.84 Å². The summed E-state index contributed by atoms with van der Waals surface area (Å²) in [7, 11) is 1.55. The van der Waals surface area contributed by atoms with E-state index < -0.39 is 0 Å². The molecule has 2 nitrogen and oxygen atoms in total. The fourth-order valence-electron chi connectivity index (χ4n) is 1.09. The molecule has 1 rings (SSSR count). The molecule has 0 aliphatic rings. The SMILES string of the molecule is CON=C(C)Cc1ccc(Cl)cc1. The first-order valence-electron chi connectivity index (χ1n) is 4.03. The Kier molecular flexibility index (Phi) is 3.77. The maximum Gasteiger partial charge on any atom is 0.106 e. The van der Waals surface area contributed by atoms with E-state index in [1.165, 1.54) is 5.56 Å². The van der Waals surface area contributed by atoms with Crippen LogP contribution in [0.3, 0.4) is 0 Å². The molecule has 0 N–H and O–H groups in total. The minimum Gasteiger partial charge on any atom is -0.399 e. The van der Waals surface area contributed by atoms with Gasteiger partial charge in [-0.05, 0) is 24.6 Å². The molecule has 0 aliphatic carbocycles. The van der Waals surface area contributed by atoms with E-state index in [0.29, 0.717) is 0 Å². The first-order chi connectivity index (χ1) is 6.22. The summed E-state index contributed by atoms with van der Waals surface area (Å²) in [5, 5.41) is 4.58. The molecule has 0 spiro atoms. The van der Waals surface area contributed by atoms with Crippen LogP contribution in [0.1, 0.15) is 12.5 Å². The summed E-state index contributed by atoms with van der Waals surface area (Å²) < 4.78 is 0. The van der Waals surface area contributed by atoms with Crippen LogP contribution in [-0.4, -0.2) is 12.8 Å². The summed E-state index contributed by atoms with van der Waals surface area (Å²) in [5.41, 5.74) is 2.13. The lowest BCUT2D eigenvalue weighted by Gasteiger charge is -2.00. The highest BCUT2D eigenvalue weighted by Gasteiger charge is 1.96. The number of oxime groups is 1. The lowest BCUT2D eigenvalue weighted by Crippen LogP contribution is -1.97. The fourth-order valence-corrected chi connectivity index (χ4v) is 1.21. The number of nitrogens with zero attached hydrogens (tertiary/aromatic N) is 1. The van der Waals surface area contributed by atoms with Gasteiger partial charge in [0.15, 0.2) is 0 Å². The Morgan fingerprint density at radius 2 is 2.00 bits per heavy atom. The van der Waals surface area contributed by atoms with Crippen LogP contribution in [0.2, 0.25) is 5.02 Å². The summed E-state index contributed by atoms with van der Waals surface area (Å²) in [6, 6.07) is 7.71. The molecule has 0 bridgehead atoms. The number of benzene rings is 1.